The van der Waals surface area contributed by atoms with Gasteiger partial charge in [0.25, 0.3) is 0 Å². The van der Waals surface area contributed by atoms with Gasteiger partial charge in [0.15, 0.2) is 33.5 Å². The molecule has 0 saturated carbocycles. The van der Waals surface area contributed by atoms with E-state index in [0.29, 0.717) is 0 Å². The SMILES string of the molecule is c1cc2c(o1)c1occc1c1c2c2c3ccoc3c3occc3c2c2c3ccoc3c3occc3c12. The number of benzene rings is 4. The molecule has 0 amide bonds. The molecular weight excluding hydrogens is 456 g/mol. The lowest BCUT2D eigenvalue weighted by molar-refractivity contribution is 0.583. The first-order chi connectivity index (χ1) is 17.9. The molecule has 10 rings (SSSR count). The first kappa shape index (κ1) is 17.4. The van der Waals surface area contributed by atoms with Gasteiger partial charge in [-0.05, 0) is 36.4 Å². The molecule has 0 bridgehead atoms. The number of rotatable bonds is 0. The lowest BCUT2D eigenvalue weighted by Crippen LogP contribution is -1.89. The number of hydrogen-bond donors (Lipinski definition) is 0. The lowest BCUT2D eigenvalue weighted by atomic mass is 9.86. The maximum Gasteiger partial charge on any atom is 0.177 e. The normalized spacial score (nSPS) is 13.0. The van der Waals surface area contributed by atoms with Crippen molar-refractivity contribution in [2.75, 3.05) is 0 Å². The smallest absolute Gasteiger partial charge is 0.177 e. The third-order valence-electron chi connectivity index (χ3n) is 7.73. The van der Waals surface area contributed by atoms with Crippen molar-refractivity contribution in [2.45, 2.75) is 0 Å². The van der Waals surface area contributed by atoms with Crippen LogP contribution in [0.4, 0.5) is 0 Å². The average Bonchev–Trinajstić information content (AvgIpc) is 3.73. The summed E-state index contributed by atoms with van der Waals surface area (Å²) in [6, 6.07) is 12.1. The topological polar surface area (TPSA) is 78.8 Å². The first-order valence-corrected chi connectivity index (χ1v) is 11.6. The van der Waals surface area contributed by atoms with Crippen LogP contribution in [0, 0.1) is 0 Å². The van der Waals surface area contributed by atoms with Gasteiger partial charge in [-0.15, -0.1) is 0 Å². The second-order valence-corrected chi connectivity index (χ2v) is 9.23. The molecule has 0 unspecified atom stereocenters. The van der Waals surface area contributed by atoms with Crippen molar-refractivity contribution >= 4 is 98.1 Å². The van der Waals surface area contributed by atoms with Gasteiger partial charge < -0.3 is 26.5 Å². The maximum atomic E-state index is 5.99. The predicted molar refractivity (Wildman–Crippen MR) is 138 cm³/mol. The van der Waals surface area contributed by atoms with Gasteiger partial charge in [0.2, 0.25) is 0 Å². The van der Waals surface area contributed by atoms with Crippen LogP contribution in [0.5, 0.6) is 0 Å². The van der Waals surface area contributed by atoms with Crippen LogP contribution >= 0.6 is 0 Å². The molecule has 4 aromatic carbocycles. The fourth-order valence-corrected chi connectivity index (χ4v) is 6.46. The highest BCUT2D eigenvalue weighted by Gasteiger charge is 2.27. The molecule has 0 atom stereocenters. The van der Waals surface area contributed by atoms with E-state index in [1.54, 1.807) is 37.6 Å². The summed E-state index contributed by atoms with van der Waals surface area (Å²) >= 11 is 0. The molecule has 168 valence electrons. The van der Waals surface area contributed by atoms with E-state index in [4.69, 9.17) is 26.5 Å². The Hall–Kier alpha value is -5.10. The highest BCUT2D eigenvalue weighted by Crippen LogP contribution is 2.52. The van der Waals surface area contributed by atoms with Crippen LogP contribution < -0.4 is 0 Å². The fraction of sp³-hybridized carbons (Fsp3) is 0. The van der Waals surface area contributed by atoms with Crippen molar-refractivity contribution in [3.8, 4) is 0 Å². The Morgan fingerprint density at radius 2 is 0.417 bits per heavy atom. The highest BCUT2D eigenvalue weighted by molar-refractivity contribution is 6.50. The molecule has 0 saturated heterocycles. The van der Waals surface area contributed by atoms with E-state index in [1.165, 1.54) is 0 Å². The molecular formula is C30H12O6. The summed E-state index contributed by atoms with van der Waals surface area (Å²) in [6.07, 6.45) is 10.3. The van der Waals surface area contributed by atoms with Gasteiger partial charge in [-0.1, -0.05) is 0 Å². The van der Waals surface area contributed by atoms with E-state index >= 15 is 0 Å². The number of fused-ring (bicyclic) bond motifs is 21. The van der Waals surface area contributed by atoms with Crippen LogP contribution in [0.15, 0.2) is 100 Å². The largest absolute Gasteiger partial charge is 0.460 e. The van der Waals surface area contributed by atoms with E-state index in [1.807, 2.05) is 36.4 Å². The molecule has 0 fully saturated rings. The molecule has 10 aromatic rings. The Balaban J connectivity index is 1.78. The second-order valence-electron chi connectivity index (χ2n) is 9.23. The average molecular weight is 468 g/mol. The maximum absolute atomic E-state index is 5.99. The van der Waals surface area contributed by atoms with Crippen LogP contribution in [0.3, 0.4) is 0 Å². The number of hydrogen-bond acceptors (Lipinski definition) is 6. The van der Waals surface area contributed by atoms with E-state index in [0.717, 1.165) is 98.1 Å². The quantitative estimate of drug-likeness (QED) is 0.206. The van der Waals surface area contributed by atoms with E-state index in [9.17, 15) is 0 Å². The zero-order valence-corrected chi connectivity index (χ0v) is 18.4. The third-order valence-corrected chi connectivity index (χ3v) is 7.73. The molecule has 6 aromatic heterocycles. The van der Waals surface area contributed by atoms with Crippen LogP contribution in [0.2, 0.25) is 0 Å². The van der Waals surface area contributed by atoms with Crippen LogP contribution in [-0.2, 0) is 0 Å². The van der Waals surface area contributed by atoms with Crippen LogP contribution in [-0.4, -0.2) is 0 Å². The summed E-state index contributed by atoms with van der Waals surface area (Å²) in [7, 11) is 0. The van der Waals surface area contributed by atoms with Gasteiger partial charge in [-0.2, -0.15) is 0 Å². The van der Waals surface area contributed by atoms with Crippen molar-refractivity contribution in [2.24, 2.45) is 0 Å². The predicted octanol–water partition coefficient (Wildman–Crippen LogP) is 9.62. The van der Waals surface area contributed by atoms with E-state index in [-0.39, 0.29) is 0 Å². The van der Waals surface area contributed by atoms with Crippen LogP contribution in [0.25, 0.3) is 98.1 Å². The molecule has 0 aliphatic carbocycles. The Kier molecular flexibility index (Phi) is 2.69. The van der Waals surface area contributed by atoms with Crippen molar-refractivity contribution < 1.29 is 26.5 Å². The highest BCUT2D eigenvalue weighted by atomic mass is 16.4. The van der Waals surface area contributed by atoms with E-state index in [2.05, 4.69) is 0 Å². The standard InChI is InChI=1S/C30H12O6/c1-7-31-25-13(1)19-20(14-2-8-32-26(14)25)22-16-4-11-35-29(16)30-18(6-12-36-30)24(22)23-17-5-10-34-28(17)27-15(21(19)23)3-9-33-27/h1-12H. The zero-order valence-electron chi connectivity index (χ0n) is 18.4. The summed E-state index contributed by atoms with van der Waals surface area (Å²) in [5.74, 6) is 0. The van der Waals surface area contributed by atoms with Gasteiger partial charge in [0.05, 0.1) is 37.6 Å². The minimum atomic E-state index is 0.722. The Bertz CT molecular complexity index is 2050. The molecule has 0 aliphatic heterocycles. The molecule has 6 nitrogen and oxygen atoms in total. The monoisotopic (exact) mass is 468 g/mol. The molecule has 0 spiro atoms. The summed E-state index contributed by atoms with van der Waals surface area (Å²) in [6.45, 7) is 0. The van der Waals surface area contributed by atoms with Gasteiger partial charge in [-0.25, -0.2) is 0 Å². The molecule has 0 aliphatic rings. The summed E-state index contributed by atoms with van der Waals surface area (Å²) in [5.41, 5.74) is 4.33. The fourth-order valence-electron chi connectivity index (χ4n) is 6.46. The minimum Gasteiger partial charge on any atom is -0.460 e. The van der Waals surface area contributed by atoms with Gasteiger partial charge in [-0.3, -0.25) is 0 Å². The zero-order chi connectivity index (χ0) is 23.1. The summed E-state index contributed by atoms with van der Waals surface area (Å²) in [5, 5.41) is 12.4. The summed E-state index contributed by atoms with van der Waals surface area (Å²) in [4.78, 5) is 0. The molecule has 0 N–H and O–H groups in total. The second kappa shape index (κ2) is 5.58. The van der Waals surface area contributed by atoms with Crippen molar-refractivity contribution in [3.05, 3.63) is 74.0 Å². The molecule has 6 heterocycles. The van der Waals surface area contributed by atoms with Gasteiger partial charge >= 0.3 is 0 Å². The van der Waals surface area contributed by atoms with Crippen molar-refractivity contribution in [1.29, 1.82) is 0 Å². The Morgan fingerprint density at radius 3 is 0.583 bits per heavy atom. The van der Waals surface area contributed by atoms with Crippen molar-refractivity contribution in [3.63, 3.8) is 0 Å². The molecule has 6 heteroatoms. The summed E-state index contributed by atoms with van der Waals surface area (Å²) < 4.78 is 35.9. The van der Waals surface area contributed by atoms with Crippen molar-refractivity contribution in [1.82, 2.24) is 0 Å². The third kappa shape index (κ3) is 1.70. The Labute approximate surface area is 198 Å². The first-order valence-electron chi connectivity index (χ1n) is 11.6. The van der Waals surface area contributed by atoms with Gasteiger partial charge in [0.1, 0.15) is 0 Å². The van der Waals surface area contributed by atoms with Gasteiger partial charge in [0, 0.05) is 64.6 Å². The Morgan fingerprint density at radius 1 is 0.250 bits per heavy atom. The van der Waals surface area contributed by atoms with Crippen LogP contribution in [0.1, 0.15) is 0 Å². The minimum absolute atomic E-state index is 0.722. The molecule has 0 radical (unpaired) electrons. The molecule has 36 heavy (non-hydrogen) atoms. The number of furan rings is 6. The van der Waals surface area contributed by atoms with E-state index < -0.39 is 0 Å². The lowest BCUT2D eigenvalue weighted by Gasteiger charge is -2.15.